The van der Waals surface area contributed by atoms with Crippen LogP contribution < -0.4 is 9.47 Å². The third-order valence-corrected chi connectivity index (χ3v) is 3.71. The molecule has 0 aliphatic carbocycles. The molecule has 0 fully saturated rings. The molecule has 1 aromatic carbocycles. The van der Waals surface area contributed by atoms with Crippen LogP contribution >= 0.6 is 11.3 Å². The van der Waals surface area contributed by atoms with E-state index in [0.717, 1.165) is 5.69 Å². The van der Waals surface area contributed by atoms with Gasteiger partial charge in [0, 0.05) is 18.0 Å². The minimum Gasteiger partial charge on any atom is -0.490 e. The molecular formula is C16H18N2O5S. The van der Waals surface area contributed by atoms with Crippen molar-refractivity contribution >= 4 is 23.2 Å². The molecule has 2 rings (SSSR count). The summed E-state index contributed by atoms with van der Waals surface area (Å²) >= 11 is 1.47. The van der Waals surface area contributed by atoms with Crippen LogP contribution in [0, 0.1) is 0 Å². The van der Waals surface area contributed by atoms with Crippen LogP contribution in [0.1, 0.15) is 23.0 Å². The van der Waals surface area contributed by atoms with Crippen molar-refractivity contribution < 1.29 is 24.2 Å². The Morgan fingerprint density at radius 2 is 2.08 bits per heavy atom. The summed E-state index contributed by atoms with van der Waals surface area (Å²) in [5.74, 6) is -0.640. The zero-order valence-electron chi connectivity index (χ0n) is 13.4. The monoisotopic (exact) mass is 350 g/mol. The molecule has 8 heteroatoms. The van der Waals surface area contributed by atoms with Crippen LogP contribution in [-0.2, 0) is 11.3 Å². The van der Waals surface area contributed by atoms with E-state index >= 15 is 0 Å². The van der Waals surface area contributed by atoms with Gasteiger partial charge in [-0.1, -0.05) is 0 Å². The van der Waals surface area contributed by atoms with Crippen LogP contribution in [0.5, 0.6) is 11.5 Å². The quantitative estimate of drug-likeness (QED) is 0.786. The number of nitrogens with zero attached hydrogens (tertiary/aromatic N) is 2. The summed E-state index contributed by atoms with van der Waals surface area (Å²) in [5, 5.41) is 10.6. The summed E-state index contributed by atoms with van der Waals surface area (Å²) in [6.45, 7) is 2.10. The summed E-state index contributed by atoms with van der Waals surface area (Å²) in [6, 6.07) is 4.68. The van der Waals surface area contributed by atoms with Crippen molar-refractivity contribution in [2.75, 3.05) is 20.3 Å². The molecule has 0 aliphatic rings. The molecule has 0 unspecified atom stereocenters. The summed E-state index contributed by atoms with van der Waals surface area (Å²) in [4.78, 5) is 28.9. The summed E-state index contributed by atoms with van der Waals surface area (Å²) in [5.41, 5.74) is 2.97. The Balaban J connectivity index is 2.15. The Morgan fingerprint density at radius 1 is 1.29 bits per heavy atom. The maximum absolute atomic E-state index is 12.5. The summed E-state index contributed by atoms with van der Waals surface area (Å²) in [6.07, 6.45) is 0. The van der Waals surface area contributed by atoms with E-state index in [0.29, 0.717) is 24.5 Å². The number of thiazole rings is 1. The van der Waals surface area contributed by atoms with Gasteiger partial charge in [0.2, 0.25) is 0 Å². The van der Waals surface area contributed by atoms with E-state index in [9.17, 15) is 9.59 Å². The molecule has 24 heavy (non-hydrogen) atoms. The molecule has 0 bridgehead atoms. The summed E-state index contributed by atoms with van der Waals surface area (Å²) in [7, 11) is 1.69. The normalized spacial score (nSPS) is 10.2. The molecule has 0 atom stereocenters. The molecule has 0 saturated heterocycles. The highest BCUT2D eigenvalue weighted by atomic mass is 32.1. The van der Waals surface area contributed by atoms with Crippen molar-refractivity contribution in [3.63, 3.8) is 0 Å². The zero-order chi connectivity index (χ0) is 17.5. The lowest BCUT2D eigenvalue weighted by Crippen LogP contribution is -2.26. The fraction of sp³-hybridized carbons (Fsp3) is 0.312. The maximum atomic E-state index is 12.5. The first-order chi connectivity index (χ1) is 11.5. The molecular weight excluding hydrogens is 332 g/mol. The van der Waals surface area contributed by atoms with Crippen molar-refractivity contribution in [3.8, 4) is 11.5 Å². The van der Waals surface area contributed by atoms with Crippen molar-refractivity contribution in [1.82, 2.24) is 9.88 Å². The third-order valence-electron chi connectivity index (χ3n) is 3.07. The first-order valence-electron chi connectivity index (χ1n) is 7.25. The van der Waals surface area contributed by atoms with E-state index in [1.807, 2.05) is 5.38 Å². The maximum Gasteiger partial charge on any atom is 0.341 e. The molecule has 0 aliphatic heterocycles. The Labute approximate surface area is 143 Å². The molecule has 0 saturated carbocycles. The highest BCUT2D eigenvalue weighted by Crippen LogP contribution is 2.29. The number of carboxylic acid groups (broad SMARTS) is 1. The molecule has 1 heterocycles. The Morgan fingerprint density at radius 3 is 2.71 bits per heavy atom. The van der Waals surface area contributed by atoms with Crippen molar-refractivity contribution in [2.45, 2.75) is 13.5 Å². The molecule has 2 aromatic rings. The van der Waals surface area contributed by atoms with Crippen LogP contribution in [0.25, 0.3) is 0 Å². The minimum absolute atomic E-state index is 0.186. The van der Waals surface area contributed by atoms with E-state index in [-0.39, 0.29) is 11.7 Å². The number of hydrogen-bond acceptors (Lipinski definition) is 6. The highest BCUT2D eigenvalue weighted by molar-refractivity contribution is 7.07. The largest absolute Gasteiger partial charge is 0.490 e. The molecule has 0 radical (unpaired) electrons. The van der Waals surface area contributed by atoms with Gasteiger partial charge < -0.3 is 19.5 Å². The number of aromatic nitrogens is 1. The smallest absolute Gasteiger partial charge is 0.341 e. The fourth-order valence-electron chi connectivity index (χ4n) is 2.02. The molecule has 7 nitrogen and oxygen atoms in total. The van der Waals surface area contributed by atoms with Gasteiger partial charge in [0.15, 0.2) is 18.1 Å². The second-order valence-corrected chi connectivity index (χ2v) is 5.64. The Hall–Kier alpha value is -2.61. The fourth-order valence-corrected chi connectivity index (χ4v) is 2.57. The predicted octanol–water partition coefficient (Wildman–Crippen LogP) is 2.28. The van der Waals surface area contributed by atoms with E-state index in [4.69, 9.17) is 14.6 Å². The number of rotatable bonds is 8. The predicted molar refractivity (Wildman–Crippen MR) is 88.7 cm³/mol. The number of carbonyl (C=O) groups excluding carboxylic acids is 1. The van der Waals surface area contributed by atoms with Crippen LogP contribution in [0.3, 0.4) is 0 Å². The van der Waals surface area contributed by atoms with Crippen molar-refractivity contribution in [3.05, 3.63) is 40.3 Å². The van der Waals surface area contributed by atoms with Gasteiger partial charge in [-0.3, -0.25) is 4.79 Å². The van der Waals surface area contributed by atoms with Gasteiger partial charge >= 0.3 is 5.97 Å². The third kappa shape index (κ3) is 4.69. The van der Waals surface area contributed by atoms with Crippen LogP contribution in [-0.4, -0.2) is 47.1 Å². The van der Waals surface area contributed by atoms with Gasteiger partial charge in [-0.25, -0.2) is 9.78 Å². The Kier molecular flexibility index (Phi) is 6.14. The lowest BCUT2D eigenvalue weighted by atomic mass is 10.1. The second kappa shape index (κ2) is 8.30. The number of hydrogen-bond donors (Lipinski definition) is 1. The van der Waals surface area contributed by atoms with Gasteiger partial charge in [0.1, 0.15) is 0 Å². The number of carboxylic acids is 1. The highest BCUT2D eigenvalue weighted by Gasteiger charge is 2.16. The SMILES string of the molecule is CCOc1cc(C(=O)N(C)Cc2cscn2)ccc1OCC(=O)O. The van der Waals surface area contributed by atoms with E-state index in [1.54, 1.807) is 36.5 Å². The summed E-state index contributed by atoms with van der Waals surface area (Å²) < 4.78 is 10.6. The number of benzene rings is 1. The number of carbonyl (C=O) groups is 2. The number of amides is 1. The van der Waals surface area contributed by atoms with E-state index < -0.39 is 12.6 Å². The van der Waals surface area contributed by atoms with Gasteiger partial charge in [-0.05, 0) is 25.1 Å². The van der Waals surface area contributed by atoms with Crippen LogP contribution in [0.15, 0.2) is 29.1 Å². The van der Waals surface area contributed by atoms with Crippen LogP contribution in [0.2, 0.25) is 0 Å². The number of ether oxygens (including phenoxy) is 2. The lowest BCUT2D eigenvalue weighted by molar-refractivity contribution is -0.139. The minimum atomic E-state index is -1.08. The Bertz CT molecular complexity index is 702. The molecule has 128 valence electrons. The lowest BCUT2D eigenvalue weighted by Gasteiger charge is -2.17. The average Bonchev–Trinajstić information content (AvgIpc) is 3.06. The molecule has 1 N–H and O–H groups in total. The van der Waals surface area contributed by atoms with Crippen LogP contribution in [0.4, 0.5) is 0 Å². The van der Waals surface area contributed by atoms with Gasteiger partial charge in [-0.15, -0.1) is 11.3 Å². The van der Waals surface area contributed by atoms with Gasteiger partial charge in [-0.2, -0.15) is 0 Å². The second-order valence-electron chi connectivity index (χ2n) is 4.92. The van der Waals surface area contributed by atoms with Crippen molar-refractivity contribution in [2.24, 2.45) is 0 Å². The topological polar surface area (TPSA) is 89.0 Å². The van der Waals surface area contributed by atoms with Crippen molar-refractivity contribution in [1.29, 1.82) is 0 Å². The van der Waals surface area contributed by atoms with Gasteiger partial charge in [0.25, 0.3) is 5.91 Å². The average molecular weight is 350 g/mol. The number of aliphatic carboxylic acids is 1. The molecule has 1 amide bonds. The van der Waals surface area contributed by atoms with E-state index in [2.05, 4.69) is 4.98 Å². The standard InChI is InChI=1S/C16H18N2O5S/c1-3-22-14-6-11(4-5-13(14)23-8-15(19)20)16(21)18(2)7-12-9-24-10-17-12/h4-6,9-10H,3,7-8H2,1-2H3,(H,19,20). The molecule has 0 spiro atoms. The van der Waals surface area contributed by atoms with Gasteiger partial charge in [0.05, 0.1) is 24.4 Å². The molecule has 1 aromatic heterocycles. The first-order valence-corrected chi connectivity index (χ1v) is 8.19. The van der Waals surface area contributed by atoms with E-state index in [1.165, 1.54) is 17.4 Å². The first kappa shape index (κ1) is 17.7. The zero-order valence-corrected chi connectivity index (χ0v) is 14.2.